The number of hydrogen-bond acceptors (Lipinski definition) is 5. The van der Waals surface area contributed by atoms with Crippen molar-refractivity contribution in [3.63, 3.8) is 0 Å². The maximum atomic E-state index is 12.6. The molecule has 0 aromatic carbocycles. The Labute approximate surface area is 146 Å². The highest BCUT2D eigenvalue weighted by Crippen LogP contribution is 2.27. The molecule has 0 radical (unpaired) electrons. The molecule has 1 N–H and O–H groups in total. The number of pyridine rings is 1. The van der Waals surface area contributed by atoms with E-state index in [1.54, 1.807) is 29.4 Å². The zero-order valence-corrected chi connectivity index (χ0v) is 13.8. The number of nitrogens with one attached hydrogen (secondary N) is 1. The van der Waals surface area contributed by atoms with Crippen LogP contribution in [0.3, 0.4) is 0 Å². The number of piperidine rings is 1. The van der Waals surface area contributed by atoms with E-state index in [1.807, 2.05) is 0 Å². The van der Waals surface area contributed by atoms with Crippen LogP contribution in [-0.2, 0) is 4.79 Å². The van der Waals surface area contributed by atoms with Crippen molar-refractivity contribution in [3.8, 4) is 5.75 Å². The Kier molecular flexibility index (Phi) is 5.22. The molecule has 2 amide bonds. The molecular formula is C16H15F2N3O3S. The van der Waals surface area contributed by atoms with Gasteiger partial charge in [-0.05, 0) is 36.4 Å². The van der Waals surface area contributed by atoms with Crippen molar-refractivity contribution >= 4 is 28.8 Å². The number of nitrogens with zero attached hydrogens (tertiary/aromatic N) is 2. The van der Waals surface area contributed by atoms with Gasteiger partial charge in [-0.1, -0.05) is 0 Å². The largest absolute Gasteiger partial charge is 0.433 e. The number of ether oxygens (including phenoxy) is 1. The molecule has 1 saturated heterocycles. The summed E-state index contributed by atoms with van der Waals surface area (Å²) in [5.41, 5.74) is 0.657. The monoisotopic (exact) mass is 367 g/mol. The zero-order valence-electron chi connectivity index (χ0n) is 13.0. The van der Waals surface area contributed by atoms with Crippen LogP contribution < -0.4 is 15.0 Å². The Morgan fingerprint density at radius 3 is 3.00 bits per heavy atom. The standard InChI is InChI=1S/C16H15F2N3O3S/c17-16(18)24-12-5-8-25-13(12)14(22)20-11-4-2-7-21(15(11)23)10-3-1-6-19-9-10/h1,3,5-6,8-9,11,16H,2,4,7H2,(H,20,22). The number of halogens is 2. The third kappa shape index (κ3) is 3.93. The van der Waals surface area contributed by atoms with E-state index in [4.69, 9.17) is 0 Å². The third-order valence-corrected chi connectivity index (χ3v) is 4.65. The van der Waals surface area contributed by atoms with Crippen molar-refractivity contribution in [1.29, 1.82) is 0 Å². The smallest absolute Gasteiger partial charge is 0.387 e. The van der Waals surface area contributed by atoms with Crippen LogP contribution in [0.4, 0.5) is 14.5 Å². The minimum Gasteiger partial charge on any atom is -0.433 e. The number of rotatable bonds is 5. The molecule has 3 heterocycles. The second-order valence-corrected chi connectivity index (χ2v) is 6.28. The van der Waals surface area contributed by atoms with E-state index >= 15 is 0 Å². The molecule has 0 aliphatic carbocycles. The summed E-state index contributed by atoms with van der Waals surface area (Å²) >= 11 is 0.981. The predicted molar refractivity (Wildman–Crippen MR) is 88.0 cm³/mol. The summed E-state index contributed by atoms with van der Waals surface area (Å²) in [6, 6.07) is 4.08. The van der Waals surface area contributed by atoms with Gasteiger partial charge in [0.1, 0.15) is 16.7 Å². The lowest BCUT2D eigenvalue weighted by Gasteiger charge is -2.32. The molecule has 9 heteroatoms. The fourth-order valence-electron chi connectivity index (χ4n) is 2.65. The van der Waals surface area contributed by atoms with Gasteiger partial charge in [0, 0.05) is 12.7 Å². The molecule has 2 aromatic rings. The van der Waals surface area contributed by atoms with E-state index in [-0.39, 0.29) is 16.5 Å². The van der Waals surface area contributed by atoms with Crippen LogP contribution in [0.1, 0.15) is 22.5 Å². The van der Waals surface area contributed by atoms with Gasteiger partial charge in [0.05, 0.1) is 11.9 Å². The summed E-state index contributed by atoms with van der Waals surface area (Å²) in [6.07, 6.45) is 4.38. The fraction of sp³-hybridized carbons (Fsp3) is 0.312. The Hall–Kier alpha value is -2.55. The molecule has 0 saturated carbocycles. The van der Waals surface area contributed by atoms with Gasteiger partial charge >= 0.3 is 6.61 Å². The minimum absolute atomic E-state index is 0.0200. The number of amides is 2. The van der Waals surface area contributed by atoms with Crippen molar-refractivity contribution in [3.05, 3.63) is 40.8 Å². The summed E-state index contributed by atoms with van der Waals surface area (Å²) < 4.78 is 29.1. The molecule has 25 heavy (non-hydrogen) atoms. The van der Waals surface area contributed by atoms with Crippen LogP contribution in [0, 0.1) is 0 Å². The topological polar surface area (TPSA) is 71.5 Å². The van der Waals surface area contributed by atoms with Crippen molar-refractivity contribution in [1.82, 2.24) is 10.3 Å². The van der Waals surface area contributed by atoms with Crippen LogP contribution in [0.5, 0.6) is 5.75 Å². The molecule has 1 aliphatic rings. The van der Waals surface area contributed by atoms with Gasteiger partial charge in [-0.2, -0.15) is 8.78 Å². The zero-order chi connectivity index (χ0) is 17.8. The summed E-state index contributed by atoms with van der Waals surface area (Å²) in [5.74, 6) is -1.04. The van der Waals surface area contributed by atoms with E-state index in [9.17, 15) is 18.4 Å². The predicted octanol–water partition coefficient (Wildman–Crippen LogP) is 2.67. The lowest BCUT2D eigenvalue weighted by Crippen LogP contribution is -2.52. The van der Waals surface area contributed by atoms with E-state index < -0.39 is 18.6 Å². The SMILES string of the molecule is O=C(NC1CCCN(c2cccnc2)C1=O)c1sccc1OC(F)F. The van der Waals surface area contributed by atoms with Crippen molar-refractivity contribution in [2.75, 3.05) is 11.4 Å². The number of carbonyl (C=O) groups excluding carboxylic acids is 2. The van der Waals surface area contributed by atoms with Crippen molar-refractivity contribution in [2.45, 2.75) is 25.5 Å². The van der Waals surface area contributed by atoms with E-state index in [0.29, 0.717) is 25.1 Å². The number of thiophene rings is 1. The summed E-state index contributed by atoms with van der Waals surface area (Å²) in [6.45, 7) is -2.48. The number of anilines is 1. The van der Waals surface area contributed by atoms with Crippen LogP contribution in [0.2, 0.25) is 0 Å². The van der Waals surface area contributed by atoms with E-state index in [2.05, 4.69) is 15.0 Å². The lowest BCUT2D eigenvalue weighted by atomic mass is 10.0. The van der Waals surface area contributed by atoms with Crippen LogP contribution >= 0.6 is 11.3 Å². The molecule has 6 nitrogen and oxygen atoms in total. The van der Waals surface area contributed by atoms with Crippen LogP contribution in [0.15, 0.2) is 36.0 Å². The highest BCUT2D eigenvalue weighted by molar-refractivity contribution is 7.12. The number of alkyl halides is 2. The molecule has 2 aromatic heterocycles. The molecule has 1 aliphatic heterocycles. The normalized spacial score (nSPS) is 17.6. The summed E-state index contributed by atoms with van der Waals surface area (Å²) in [7, 11) is 0. The van der Waals surface area contributed by atoms with Gasteiger partial charge < -0.3 is 15.0 Å². The molecule has 1 fully saturated rings. The first kappa shape index (κ1) is 17.3. The van der Waals surface area contributed by atoms with Gasteiger partial charge in [-0.3, -0.25) is 14.6 Å². The first-order valence-electron chi connectivity index (χ1n) is 7.61. The lowest BCUT2D eigenvalue weighted by molar-refractivity contribution is -0.121. The molecule has 3 rings (SSSR count). The number of carbonyl (C=O) groups is 2. The van der Waals surface area contributed by atoms with Gasteiger partial charge in [0.2, 0.25) is 5.91 Å². The highest BCUT2D eigenvalue weighted by Gasteiger charge is 2.32. The van der Waals surface area contributed by atoms with Crippen molar-refractivity contribution in [2.24, 2.45) is 0 Å². The quantitative estimate of drug-likeness (QED) is 0.882. The first-order chi connectivity index (χ1) is 12.1. The van der Waals surface area contributed by atoms with E-state index in [1.165, 1.54) is 11.4 Å². The van der Waals surface area contributed by atoms with Crippen LogP contribution in [-0.4, -0.2) is 36.0 Å². The maximum Gasteiger partial charge on any atom is 0.387 e. The molecular weight excluding hydrogens is 352 g/mol. The summed E-state index contributed by atoms with van der Waals surface area (Å²) in [4.78, 5) is 30.6. The third-order valence-electron chi connectivity index (χ3n) is 3.75. The highest BCUT2D eigenvalue weighted by atomic mass is 32.1. The van der Waals surface area contributed by atoms with Gasteiger partial charge in [-0.15, -0.1) is 11.3 Å². The Morgan fingerprint density at radius 1 is 1.44 bits per heavy atom. The summed E-state index contributed by atoms with van der Waals surface area (Å²) in [5, 5.41) is 4.10. The van der Waals surface area contributed by atoms with Gasteiger partial charge in [0.25, 0.3) is 5.91 Å². The first-order valence-corrected chi connectivity index (χ1v) is 8.49. The molecule has 1 unspecified atom stereocenters. The Bertz CT molecular complexity index is 754. The maximum absolute atomic E-state index is 12.6. The van der Waals surface area contributed by atoms with E-state index in [0.717, 1.165) is 11.3 Å². The molecule has 1 atom stereocenters. The second-order valence-electron chi connectivity index (χ2n) is 5.36. The minimum atomic E-state index is -3.02. The second kappa shape index (κ2) is 7.56. The number of hydrogen-bond donors (Lipinski definition) is 1. The Morgan fingerprint density at radius 2 is 2.28 bits per heavy atom. The molecule has 0 bridgehead atoms. The molecule has 132 valence electrons. The Balaban J connectivity index is 1.71. The average Bonchev–Trinajstić information content (AvgIpc) is 3.05. The van der Waals surface area contributed by atoms with Gasteiger partial charge in [0.15, 0.2) is 0 Å². The average molecular weight is 367 g/mol. The van der Waals surface area contributed by atoms with Crippen LogP contribution in [0.25, 0.3) is 0 Å². The van der Waals surface area contributed by atoms with Crippen molar-refractivity contribution < 1.29 is 23.1 Å². The van der Waals surface area contributed by atoms with Gasteiger partial charge in [-0.25, -0.2) is 0 Å². The molecule has 0 spiro atoms. The fourth-order valence-corrected chi connectivity index (χ4v) is 3.38. The number of aromatic nitrogens is 1.